The third-order valence-corrected chi connectivity index (χ3v) is 3.95. The Kier molecular flexibility index (Phi) is 4.13. The van der Waals surface area contributed by atoms with Gasteiger partial charge in [0.1, 0.15) is 0 Å². The number of methoxy groups -OCH3 is 1. The van der Waals surface area contributed by atoms with E-state index in [0.29, 0.717) is 0 Å². The largest absolute Gasteiger partial charge is 0.388 e. The summed E-state index contributed by atoms with van der Waals surface area (Å²) >= 11 is 0. The minimum Gasteiger partial charge on any atom is -0.388 e. The van der Waals surface area contributed by atoms with Crippen LogP contribution in [0.1, 0.15) is 50.5 Å². The normalized spacial score (nSPS) is 19.9. The summed E-state index contributed by atoms with van der Waals surface area (Å²) in [6.07, 6.45) is 6.03. The van der Waals surface area contributed by atoms with Gasteiger partial charge in [-0.05, 0) is 37.2 Å². The second kappa shape index (κ2) is 5.45. The van der Waals surface area contributed by atoms with Gasteiger partial charge in [0.2, 0.25) is 0 Å². The van der Waals surface area contributed by atoms with E-state index in [2.05, 4.69) is 30.7 Å². The maximum absolute atomic E-state index is 9.98. The molecular formula is C15H25NO2. The minimum absolute atomic E-state index is 0.227. The van der Waals surface area contributed by atoms with E-state index in [9.17, 15) is 5.11 Å². The average molecular weight is 251 g/mol. The van der Waals surface area contributed by atoms with Crippen LogP contribution in [-0.4, -0.2) is 23.4 Å². The molecular weight excluding hydrogens is 226 g/mol. The molecule has 2 rings (SSSR count). The Balaban J connectivity index is 2.10. The lowest BCUT2D eigenvalue weighted by Crippen LogP contribution is -2.23. The number of hydrogen-bond acceptors (Lipinski definition) is 2. The lowest BCUT2D eigenvalue weighted by Gasteiger charge is -2.28. The first-order chi connectivity index (χ1) is 8.53. The van der Waals surface area contributed by atoms with Crippen molar-refractivity contribution in [2.75, 3.05) is 13.7 Å². The standard InChI is InChI=1S/C15H25NO2/c1-15(2,8-10-18-3)11-16-9-7-12-13(16)5-4-6-14(12)17/h7,9,14,17H,4-6,8,10-11H2,1-3H3. The molecule has 0 spiro atoms. The van der Waals surface area contributed by atoms with Gasteiger partial charge in [-0.15, -0.1) is 0 Å². The maximum Gasteiger partial charge on any atom is 0.0807 e. The van der Waals surface area contributed by atoms with Crippen molar-refractivity contribution in [3.8, 4) is 0 Å². The first-order valence-corrected chi connectivity index (χ1v) is 6.88. The van der Waals surface area contributed by atoms with Crippen molar-refractivity contribution < 1.29 is 9.84 Å². The molecule has 0 aromatic carbocycles. The highest BCUT2D eigenvalue weighted by molar-refractivity contribution is 5.27. The van der Waals surface area contributed by atoms with Gasteiger partial charge < -0.3 is 14.4 Å². The molecule has 0 aliphatic heterocycles. The lowest BCUT2D eigenvalue weighted by atomic mass is 9.89. The number of ether oxygens (including phenoxy) is 1. The monoisotopic (exact) mass is 251 g/mol. The van der Waals surface area contributed by atoms with E-state index in [1.807, 2.05) is 0 Å². The van der Waals surface area contributed by atoms with Gasteiger partial charge in [-0.1, -0.05) is 13.8 Å². The molecule has 0 amide bonds. The van der Waals surface area contributed by atoms with Gasteiger partial charge in [0.15, 0.2) is 0 Å². The molecule has 0 saturated carbocycles. The van der Waals surface area contributed by atoms with Gasteiger partial charge in [-0.2, -0.15) is 0 Å². The van der Waals surface area contributed by atoms with E-state index in [-0.39, 0.29) is 11.5 Å². The molecule has 1 aromatic rings. The molecule has 1 unspecified atom stereocenters. The number of aromatic nitrogens is 1. The molecule has 3 heteroatoms. The number of aliphatic hydroxyl groups is 1. The van der Waals surface area contributed by atoms with Crippen molar-refractivity contribution in [3.05, 3.63) is 23.5 Å². The maximum atomic E-state index is 9.98. The number of nitrogens with zero attached hydrogens (tertiary/aromatic N) is 1. The fourth-order valence-electron chi connectivity index (χ4n) is 2.80. The van der Waals surface area contributed by atoms with Crippen molar-refractivity contribution >= 4 is 0 Å². The summed E-state index contributed by atoms with van der Waals surface area (Å²) in [5, 5.41) is 9.98. The average Bonchev–Trinajstić information content (AvgIpc) is 2.71. The number of aliphatic hydroxyl groups excluding tert-OH is 1. The molecule has 1 aliphatic carbocycles. The van der Waals surface area contributed by atoms with Crippen molar-refractivity contribution in [2.45, 2.75) is 52.2 Å². The fraction of sp³-hybridized carbons (Fsp3) is 0.733. The van der Waals surface area contributed by atoms with Crippen molar-refractivity contribution in [1.29, 1.82) is 0 Å². The molecule has 3 nitrogen and oxygen atoms in total. The molecule has 1 N–H and O–H groups in total. The Labute approximate surface area is 110 Å². The number of fused-ring (bicyclic) bond motifs is 1. The zero-order chi connectivity index (χ0) is 13.2. The van der Waals surface area contributed by atoms with Crippen LogP contribution in [0.4, 0.5) is 0 Å². The van der Waals surface area contributed by atoms with Crippen molar-refractivity contribution in [2.24, 2.45) is 5.41 Å². The molecule has 1 aromatic heterocycles. The van der Waals surface area contributed by atoms with E-state index >= 15 is 0 Å². The Hall–Kier alpha value is -0.800. The predicted molar refractivity (Wildman–Crippen MR) is 72.6 cm³/mol. The second-order valence-corrected chi connectivity index (χ2v) is 6.16. The van der Waals surface area contributed by atoms with Crippen molar-refractivity contribution in [1.82, 2.24) is 4.57 Å². The van der Waals surface area contributed by atoms with Gasteiger partial charge in [-0.3, -0.25) is 0 Å². The third kappa shape index (κ3) is 2.96. The van der Waals surface area contributed by atoms with Gasteiger partial charge >= 0.3 is 0 Å². The molecule has 0 saturated heterocycles. The van der Waals surface area contributed by atoms with Gasteiger partial charge in [0.05, 0.1) is 6.10 Å². The van der Waals surface area contributed by atoms with Crippen molar-refractivity contribution in [3.63, 3.8) is 0 Å². The molecule has 0 radical (unpaired) electrons. The Morgan fingerprint density at radius 1 is 1.50 bits per heavy atom. The molecule has 1 aliphatic rings. The minimum atomic E-state index is -0.253. The number of hydrogen-bond donors (Lipinski definition) is 1. The molecule has 0 fully saturated rings. The molecule has 1 heterocycles. The molecule has 18 heavy (non-hydrogen) atoms. The zero-order valence-electron chi connectivity index (χ0n) is 11.8. The second-order valence-electron chi connectivity index (χ2n) is 6.16. The summed E-state index contributed by atoms with van der Waals surface area (Å²) < 4.78 is 7.50. The SMILES string of the molecule is COCCC(C)(C)Cn1ccc2c1CCCC2O. The van der Waals surface area contributed by atoms with E-state index in [1.165, 1.54) is 5.69 Å². The quantitative estimate of drug-likeness (QED) is 0.873. The van der Waals surface area contributed by atoms with E-state index in [0.717, 1.165) is 44.4 Å². The topological polar surface area (TPSA) is 34.4 Å². The third-order valence-electron chi connectivity index (χ3n) is 3.95. The van der Waals surface area contributed by atoms with E-state index in [1.54, 1.807) is 7.11 Å². The molecule has 0 bridgehead atoms. The first kappa shape index (κ1) is 13.6. The highest BCUT2D eigenvalue weighted by atomic mass is 16.5. The highest BCUT2D eigenvalue weighted by Gasteiger charge is 2.24. The van der Waals surface area contributed by atoms with Gasteiger partial charge in [0, 0.05) is 37.7 Å². The summed E-state index contributed by atoms with van der Waals surface area (Å²) in [6.45, 7) is 6.35. The molecule has 102 valence electrons. The summed E-state index contributed by atoms with van der Waals surface area (Å²) in [7, 11) is 1.75. The fourth-order valence-corrected chi connectivity index (χ4v) is 2.80. The zero-order valence-corrected chi connectivity index (χ0v) is 11.8. The van der Waals surface area contributed by atoms with Crippen LogP contribution in [-0.2, 0) is 17.7 Å². The summed E-state index contributed by atoms with van der Waals surface area (Å²) in [4.78, 5) is 0. The predicted octanol–water partition coefficient (Wildman–Crippen LogP) is 2.92. The van der Waals surface area contributed by atoms with E-state index < -0.39 is 0 Å². The number of rotatable bonds is 5. The van der Waals surface area contributed by atoms with Gasteiger partial charge in [0.25, 0.3) is 0 Å². The summed E-state index contributed by atoms with van der Waals surface area (Å²) in [5.41, 5.74) is 2.70. The van der Waals surface area contributed by atoms with Crippen LogP contribution in [0, 0.1) is 5.41 Å². The summed E-state index contributed by atoms with van der Waals surface area (Å²) in [6, 6.07) is 2.09. The van der Waals surface area contributed by atoms with Crippen LogP contribution in [0.5, 0.6) is 0 Å². The first-order valence-electron chi connectivity index (χ1n) is 6.88. The molecule has 1 atom stereocenters. The smallest absolute Gasteiger partial charge is 0.0807 e. The van der Waals surface area contributed by atoms with Crippen LogP contribution in [0.25, 0.3) is 0 Å². The Morgan fingerprint density at radius 2 is 2.28 bits per heavy atom. The Bertz CT molecular complexity index is 395. The van der Waals surface area contributed by atoms with Crippen LogP contribution < -0.4 is 0 Å². The highest BCUT2D eigenvalue weighted by Crippen LogP contribution is 2.32. The van der Waals surface area contributed by atoms with Crippen LogP contribution in [0.2, 0.25) is 0 Å². The van der Waals surface area contributed by atoms with E-state index in [4.69, 9.17) is 4.74 Å². The Morgan fingerprint density at radius 3 is 3.00 bits per heavy atom. The van der Waals surface area contributed by atoms with Crippen LogP contribution >= 0.6 is 0 Å². The summed E-state index contributed by atoms with van der Waals surface area (Å²) in [5.74, 6) is 0. The van der Waals surface area contributed by atoms with Crippen LogP contribution in [0.3, 0.4) is 0 Å². The lowest BCUT2D eigenvalue weighted by molar-refractivity contribution is 0.139. The van der Waals surface area contributed by atoms with Gasteiger partial charge in [-0.25, -0.2) is 0 Å². The van der Waals surface area contributed by atoms with Crippen LogP contribution in [0.15, 0.2) is 12.3 Å².